The number of nitrogens with one attached hydrogen (secondary N) is 2. The van der Waals surface area contributed by atoms with Gasteiger partial charge in [-0.2, -0.15) is 5.10 Å². The zero-order valence-electron chi connectivity index (χ0n) is 19.2. The van der Waals surface area contributed by atoms with Crippen molar-refractivity contribution in [1.29, 1.82) is 0 Å². The smallest absolute Gasteiger partial charge is 0.406 e. The van der Waals surface area contributed by atoms with Gasteiger partial charge < -0.3 is 14.9 Å². The van der Waals surface area contributed by atoms with E-state index in [1.807, 2.05) is 32.0 Å². The standard InChI is InChI=1S/C25H23F3N4O2S/c1-16-5-4-6-17(2)23(16)30-24(35)31-29-15-19-7-11-22(12-8-19)34-32-18(3)20-9-13-21(14-10-20)33-25(26,27)28/h4-15H,1-3H3,(H2,30,31,35). The quantitative estimate of drug-likeness (QED) is 0.226. The van der Waals surface area contributed by atoms with Gasteiger partial charge >= 0.3 is 6.36 Å². The molecule has 0 aliphatic carbocycles. The Morgan fingerprint density at radius 2 is 1.51 bits per heavy atom. The summed E-state index contributed by atoms with van der Waals surface area (Å²) in [5.74, 6) is 0.183. The molecular formula is C25H23F3N4O2S. The number of hydrogen-bond acceptors (Lipinski definition) is 5. The minimum absolute atomic E-state index is 0.302. The van der Waals surface area contributed by atoms with Gasteiger partial charge in [0.05, 0.1) is 11.9 Å². The number of hydrazone groups is 1. The van der Waals surface area contributed by atoms with Crippen molar-refractivity contribution in [1.82, 2.24) is 5.43 Å². The number of para-hydroxylation sites is 1. The van der Waals surface area contributed by atoms with Gasteiger partial charge in [-0.3, -0.25) is 5.43 Å². The van der Waals surface area contributed by atoms with Crippen LogP contribution < -0.4 is 20.3 Å². The molecule has 0 unspecified atom stereocenters. The van der Waals surface area contributed by atoms with Gasteiger partial charge in [0.25, 0.3) is 0 Å². The van der Waals surface area contributed by atoms with Crippen molar-refractivity contribution in [3.8, 4) is 11.5 Å². The van der Waals surface area contributed by atoms with Gasteiger partial charge in [0.15, 0.2) is 10.9 Å². The third-order valence-corrected chi connectivity index (χ3v) is 4.97. The number of anilines is 1. The Balaban J connectivity index is 1.51. The van der Waals surface area contributed by atoms with Crippen molar-refractivity contribution in [2.45, 2.75) is 27.1 Å². The molecule has 0 amide bonds. The summed E-state index contributed by atoms with van der Waals surface area (Å²) in [5, 5.41) is 11.7. The van der Waals surface area contributed by atoms with E-state index in [4.69, 9.17) is 17.1 Å². The first-order chi connectivity index (χ1) is 16.6. The van der Waals surface area contributed by atoms with Gasteiger partial charge in [0, 0.05) is 5.69 Å². The molecule has 182 valence electrons. The van der Waals surface area contributed by atoms with Crippen molar-refractivity contribution in [3.05, 3.63) is 89.0 Å². The second kappa shape index (κ2) is 11.5. The van der Waals surface area contributed by atoms with E-state index in [0.717, 1.165) is 22.4 Å². The summed E-state index contributed by atoms with van der Waals surface area (Å²) in [6.07, 6.45) is -3.12. The minimum atomic E-state index is -4.73. The molecule has 6 nitrogen and oxygen atoms in total. The van der Waals surface area contributed by atoms with Crippen molar-refractivity contribution in [2.75, 3.05) is 5.32 Å². The molecule has 0 fully saturated rings. The van der Waals surface area contributed by atoms with Crippen LogP contribution in [0.5, 0.6) is 11.5 Å². The van der Waals surface area contributed by atoms with Crippen molar-refractivity contribution < 1.29 is 22.7 Å². The first-order valence-corrected chi connectivity index (χ1v) is 10.9. The monoisotopic (exact) mass is 500 g/mol. The number of alkyl halides is 3. The number of oxime groups is 1. The van der Waals surface area contributed by atoms with Gasteiger partial charge in [-0.1, -0.05) is 23.4 Å². The highest BCUT2D eigenvalue weighted by atomic mass is 32.1. The number of halogens is 3. The normalized spacial score (nSPS) is 11.9. The van der Waals surface area contributed by atoms with E-state index in [-0.39, 0.29) is 5.75 Å². The van der Waals surface area contributed by atoms with Crippen LogP contribution in [0.3, 0.4) is 0 Å². The largest absolute Gasteiger partial charge is 0.573 e. The van der Waals surface area contributed by atoms with Gasteiger partial charge in [-0.15, -0.1) is 13.2 Å². The second-order valence-corrected chi connectivity index (χ2v) is 7.91. The van der Waals surface area contributed by atoms with E-state index < -0.39 is 6.36 Å². The van der Waals surface area contributed by atoms with Crippen LogP contribution in [0.1, 0.15) is 29.2 Å². The molecule has 0 aliphatic rings. The molecule has 3 aromatic rings. The lowest BCUT2D eigenvalue weighted by molar-refractivity contribution is -0.274. The van der Waals surface area contributed by atoms with Gasteiger partial charge in [-0.05, 0) is 104 Å². The molecule has 0 heterocycles. The molecule has 35 heavy (non-hydrogen) atoms. The number of benzene rings is 3. The number of thiocarbonyl (C=S) groups is 1. The van der Waals surface area contributed by atoms with Crippen LogP contribution in [-0.4, -0.2) is 23.4 Å². The average molecular weight is 501 g/mol. The van der Waals surface area contributed by atoms with E-state index in [1.165, 1.54) is 24.3 Å². The Labute approximate surface area is 206 Å². The van der Waals surface area contributed by atoms with Crippen LogP contribution >= 0.6 is 12.2 Å². The summed E-state index contributed by atoms with van der Waals surface area (Å²) < 4.78 is 40.6. The van der Waals surface area contributed by atoms with Crippen LogP contribution in [0, 0.1) is 13.8 Å². The van der Waals surface area contributed by atoms with Gasteiger partial charge in [0.1, 0.15) is 5.75 Å². The molecule has 0 aromatic heterocycles. The topological polar surface area (TPSA) is 67.2 Å². The molecule has 0 atom stereocenters. The fraction of sp³-hybridized carbons (Fsp3) is 0.160. The van der Waals surface area contributed by atoms with Gasteiger partial charge in [0.2, 0.25) is 0 Å². The number of hydrogen-bond donors (Lipinski definition) is 2. The summed E-state index contributed by atoms with van der Waals surface area (Å²) in [4.78, 5) is 5.41. The van der Waals surface area contributed by atoms with Crippen LogP contribution in [0.15, 0.2) is 77.0 Å². The Morgan fingerprint density at radius 1 is 0.914 bits per heavy atom. The fourth-order valence-electron chi connectivity index (χ4n) is 3.00. The van der Waals surface area contributed by atoms with Gasteiger partial charge in [-0.25, -0.2) is 0 Å². The second-order valence-electron chi connectivity index (χ2n) is 7.50. The maximum Gasteiger partial charge on any atom is 0.573 e. The lowest BCUT2D eigenvalue weighted by Gasteiger charge is -2.12. The molecule has 0 radical (unpaired) electrons. The summed E-state index contributed by atoms with van der Waals surface area (Å²) in [5.41, 5.74) is 7.79. The predicted molar refractivity (Wildman–Crippen MR) is 135 cm³/mol. The highest BCUT2D eigenvalue weighted by molar-refractivity contribution is 7.80. The summed E-state index contributed by atoms with van der Waals surface area (Å²) >= 11 is 5.29. The summed E-state index contributed by atoms with van der Waals surface area (Å²) in [7, 11) is 0. The lowest BCUT2D eigenvalue weighted by atomic mass is 10.1. The van der Waals surface area contributed by atoms with Crippen molar-refractivity contribution >= 4 is 34.9 Å². The zero-order valence-corrected chi connectivity index (χ0v) is 20.0. The number of aryl methyl sites for hydroxylation is 2. The Morgan fingerprint density at radius 3 is 2.11 bits per heavy atom. The minimum Gasteiger partial charge on any atom is -0.406 e. The highest BCUT2D eigenvalue weighted by Gasteiger charge is 2.30. The molecule has 0 aliphatic heterocycles. The first-order valence-electron chi connectivity index (χ1n) is 10.4. The van der Waals surface area contributed by atoms with Crippen LogP contribution in [-0.2, 0) is 0 Å². The summed E-state index contributed by atoms with van der Waals surface area (Å²) in [6.45, 7) is 5.68. The Bertz CT molecular complexity index is 1200. The van der Waals surface area contributed by atoms with Crippen molar-refractivity contribution in [3.63, 3.8) is 0 Å². The third-order valence-electron chi connectivity index (χ3n) is 4.77. The molecule has 3 rings (SSSR count). The van der Waals surface area contributed by atoms with Crippen molar-refractivity contribution in [2.24, 2.45) is 10.3 Å². The Hall–Kier alpha value is -3.92. The fourth-order valence-corrected chi connectivity index (χ4v) is 3.16. The highest BCUT2D eigenvalue weighted by Crippen LogP contribution is 2.23. The first kappa shape index (κ1) is 25.7. The molecule has 10 heteroatoms. The molecule has 3 aromatic carbocycles. The molecule has 2 N–H and O–H groups in total. The van der Waals surface area contributed by atoms with E-state index in [9.17, 15) is 13.2 Å². The molecular weight excluding hydrogens is 477 g/mol. The zero-order chi connectivity index (χ0) is 25.4. The number of nitrogens with zero attached hydrogens (tertiary/aromatic N) is 2. The maximum absolute atomic E-state index is 12.3. The molecule has 0 saturated heterocycles. The maximum atomic E-state index is 12.3. The third kappa shape index (κ3) is 8.11. The molecule has 0 spiro atoms. The van der Waals surface area contributed by atoms with Crippen LogP contribution in [0.2, 0.25) is 0 Å². The molecule has 0 bridgehead atoms. The number of rotatable bonds is 7. The summed E-state index contributed by atoms with van der Waals surface area (Å²) in [6, 6.07) is 18.4. The van der Waals surface area contributed by atoms with E-state index in [1.54, 1.807) is 37.4 Å². The SMILES string of the molecule is CC(=NOc1ccc(C=NNC(=S)Nc2c(C)cccc2C)cc1)c1ccc(OC(F)(F)F)cc1. The number of ether oxygens (including phenoxy) is 1. The van der Waals surface area contributed by atoms with Crippen LogP contribution in [0.25, 0.3) is 0 Å². The van der Waals surface area contributed by atoms with E-state index in [0.29, 0.717) is 22.1 Å². The average Bonchev–Trinajstić information content (AvgIpc) is 2.80. The predicted octanol–water partition coefficient (Wildman–Crippen LogP) is 6.33. The van der Waals surface area contributed by atoms with E-state index >= 15 is 0 Å². The van der Waals surface area contributed by atoms with Crippen LogP contribution in [0.4, 0.5) is 18.9 Å². The lowest BCUT2D eigenvalue weighted by Crippen LogP contribution is -2.24. The molecule has 0 saturated carbocycles. The van der Waals surface area contributed by atoms with E-state index in [2.05, 4.69) is 25.7 Å². The Kier molecular flexibility index (Phi) is 8.43.